The van der Waals surface area contributed by atoms with Gasteiger partial charge in [0, 0.05) is 46.7 Å². The van der Waals surface area contributed by atoms with Gasteiger partial charge in [0.1, 0.15) is 6.10 Å². The highest BCUT2D eigenvalue weighted by molar-refractivity contribution is 6.38. The second-order valence-electron chi connectivity index (χ2n) is 9.61. The number of nitrogens with zero attached hydrogens (tertiary/aromatic N) is 3. The van der Waals surface area contributed by atoms with Crippen molar-refractivity contribution in [3.63, 3.8) is 0 Å². The first kappa shape index (κ1) is 24.1. The maximum Gasteiger partial charge on any atom is 0.255 e. The molecular weight excluding hydrogens is 505 g/mol. The summed E-state index contributed by atoms with van der Waals surface area (Å²) in [5, 5.41) is 2.01. The summed E-state index contributed by atoms with van der Waals surface area (Å²) in [4.78, 5) is 20.3. The average Bonchev–Trinajstić information content (AvgIpc) is 2.76. The molecule has 1 saturated heterocycles. The van der Waals surface area contributed by atoms with E-state index in [1.165, 1.54) is 10.6 Å². The lowest BCUT2D eigenvalue weighted by Crippen LogP contribution is -2.60. The summed E-state index contributed by atoms with van der Waals surface area (Å²) >= 11 is 19.6. The maximum absolute atomic E-state index is 13.2. The molecule has 0 aliphatic carbocycles. The first-order valence-electron chi connectivity index (χ1n) is 11.3. The maximum atomic E-state index is 13.2. The molecule has 0 radical (unpaired) electrons. The third-order valence-electron chi connectivity index (χ3n) is 6.24. The summed E-state index contributed by atoms with van der Waals surface area (Å²) in [6.07, 6.45) is -0.00828. The van der Waals surface area contributed by atoms with E-state index >= 15 is 0 Å². The van der Waals surface area contributed by atoms with E-state index in [2.05, 4.69) is 25.7 Å². The van der Waals surface area contributed by atoms with Gasteiger partial charge >= 0.3 is 0 Å². The van der Waals surface area contributed by atoms with Crippen LogP contribution in [-0.4, -0.2) is 39.2 Å². The molecule has 5 nitrogen and oxygen atoms in total. The molecule has 0 atom stereocenters. The van der Waals surface area contributed by atoms with E-state index in [1.54, 1.807) is 30.3 Å². The van der Waals surface area contributed by atoms with E-state index in [0.717, 1.165) is 24.0 Å². The van der Waals surface area contributed by atoms with E-state index in [9.17, 15) is 4.79 Å². The van der Waals surface area contributed by atoms with Crippen molar-refractivity contribution in [2.45, 2.75) is 32.4 Å². The minimum atomic E-state index is -0.266. The Bertz CT molecular complexity index is 1470. The highest BCUT2D eigenvalue weighted by atomic mass is 35.5. The predicted octanol–water partition coefficient (Wildman–Crippen LogP) is 6.87. The summed E-state index contributed by atoms with van der Waals surface area (Å²) in [7, 11) is 0. The molecule has 8 heteroatoms. The molecule has 35 heavy (non-hydrogen) atoms. The lowest BCUT2D eigenvalue weighted by molar-refractivity contribution is -0.0367. The fraction of sp³-hybridized carbons (Fsp3) is 0.259. The Labute approximate surface area is 218 Å². The first-order valence-corrected chi connectivity index (χ1v) is 12.4. The number of rotatable bonds is 4. The normalized spacial score (nSPS) is 14.8. The first-order chi connectivity index (χ1) is 16.6. The van der Waals surface area contributed by atoms with Crippen molar-refractivity contribution in [2.75, 3.05) is 13.1 Å². The van der Waals surface area contributed by atoms with E-state index < -0.39 is 0 Å². The minimum absolute atomic E-state index is 0.00828. The number of benzene rings is 2. The van der Waals surface area contributed by atoms with E-state index in [0.29, 0.717) is 37.8 Å². The number of para-hydroxylation sites is 1. The van der Waals surface area contributed by atoms with E-state index in [4.69, 9.17) is 44.5 Å². The SMILES string of the molecule is CC(C)(C)N1CC(Oc2cc3c(ccc(=O)n3-c3c(Cl)cccc3Cl)c(-c3ccccc3Cl)n2)C1. The van der Waals surface area contributed by atoms with Crippen LogP contribution in [0.4, 0.5) is 0 Å². The monoisotopic (exact) mass is 527 g/mol. The Morgan fingerprint density at radius 1 is 0.914 bits per heavy atom. The Balaban J connectivity index is 1.72. The summed E-state index contributed by atoms with van der Waals surface area (Å²) in [5.74, 6) is 0.411. The highest BCUT2D eigenvalue weighted by Crippen LogP contribution is 2.37. The molecule has 2 aromatic heterocycles. The zero-order chi connectivity index (χ0) is 24.9. The van der Waals surface area contributed by atoms with Gasteiger partial charge in [-0.3, -0.25) is 14.3 Å². The largest absolute Gasteiger partial charge is 0.472 e. The van der Waals surface area contributed by atoms with E-state index in [-0.39, 0.29) is 17.2 Å². The van der Waals surface area contributed by atoms with Crippen molar-refractivity contribution in [1.82, 2.24) is 14.5 Å². The van der Waals surface area contributed by atoms with Crippen LogP contribution in [0.5, 0.6) is 5.88 Å². The third kappa shape index (κ3) is 4.54. The summed E-state index contributed by atoms with van der Waals surface area (Å²) < 4.78 is 7.81. The van der Waals surface area contributed by atoms with Crippen LogP contribution in [0.25, 0.3) is 27.8 Å². The fourth-order valence-electron chi connectivity index (χ4n) is 4.30. The van der Waals surface area contributed by atoms with Crippen molar-refractivity contribution in [3.05, 3.63) is 86.1 Å². The molecule has 5 rings (SSSR count). The van der Waals surface area contributed by atoms with Crippen LogP contribution >= 0.6 is 34.8 Å². The molecule has 0 spiro atoms. The molecule has 2 aromatic carbocycles. The molecule has 0 bridgehead atoms. The van der Waals surface area contributed by atoms with Crippen molar-refractivity contribution < 1.29 is 4.74 Å². The zero-order valence-electron chi connectivity index (χ0n) is 19.6. The van der Waals surface area contributed by atoms with Gasteiger partial charge in [-0.15, -0.1) is 0 Å². The number of hydrogen-bond donors (Lipinski definition) is 0. The number of pyridine rings is 2. The fourth-order valence-corrected chi connectivity index (χ4v) is 5.09. The highest BCUT2D eigenvalue weighted by Gasteiger charge is 2.36. The molecular formula is C27H24Cl3N3O2. The molecule has 0 unspecified atom stereocenters. The summed E-state index contributed by atoms with van der Waals surface area (Å²) in [6, 6.07) is 17.6. The predicted molar refractivity (Wildman–Crippen MR) is 144 cm³/mol. The van der Waals surface area contributed by atoms with Crippen molar-refractivity contribution in [2.24, 2.45) is 0 Å². The number of likely N-dealkylation sites (tertiary alicyclic amines) is 1. The molecule has 0 amide bonds. The van der Waals surface area contributed by atoms with Crippen LogP contribution in [-0.2, 0) is 0 Å². The van der Waals surface area contributed by atoms with Crippen LogP contribution in [0.1, 0.15) is 20.8 Å². The van der Waals surface area contributed by atoms with Gasteiger partial charge in [0.25, 0.3) is 5.56 Å². The number of ether oxygens (including phenoxy) is 1. The molecule has 180 valence electrons. The Morgan fingerprint density at radius 3 is 2.23 bits per heavy atom. The molecule has 1 aliphatic rings. The van der Waals surface area contributed by atoms with Gasteiger partial charge in [-0.1, -0.05) is 59.1 Å². The minimum Gasteiger partial charge on any atom is -0.472 e. The quantitative estimate of drug-likeness (QED) is 0.290. The zero-order valence-corrected chi connectivity index (χ0v) is 21.8. The molecule has 0 N–H and O–H groups in total. The van der Waals surface area contributed by atoms with Crippen LogP contribution in [0.2, 0.25) is 15.1 Å². The molecule has 1 aliphatic heterocycles. The number of halogens is 3. The van der Waals surface area contributed by atoms with E-state index in [1.807, 2.05) is 24.3 Å². The van der Waals surface area contributed by atoms with Gasteiger partial charge in [-0.25, -0.2) is 4.98 Å². The second-order valence-corrected chi connectivity index (χ2v) is 10.8. The number of fused-ring (bicyclic) bond motifs is 1. The smallest absolute Gasteiger partial charge is 0.255 e. The van der Waals surface area contributed by atoms with Gasteiger partial charge in [-0.2, -0.15) is 0 Å². The van der Waals surface area contributed by atoms with Gasteiger partial charge in [0.15, 0.2) is 0 Å². The molecule has 4 aromatic rings. The standard InChI is InChI=1S/C27H24Cl3N3O2/c1-27(2,3)32-14-16(15-32)35-23-13-22-18(25(31-23)17-7-4-5-8-19(17)28)11-12-24(34)33(22)26-20(29)9-6-10-21(26)30/h4-13,16H,14-15H2,1-3H3. The number of aromatic nitrogens is 2. The van der Waals surface area contributed by atoms with Gasteiger partial charge in [-0.05, 0) is 45.0 Å². The van der Waals surface area contributed by atoms with Gasteiger partial charge in [0.05, 0.1) is 26.9 Å². The van der Waals surface area contributed by atoms with Crippen LogP contribution < -0.4 is 10.3 Å². The average molecular weight is 529 g/mol. The Hall–Kier alpha value is -2.57. The summed E-state index contributed by atoms with van der Waals surface area (Å²) in [5.41, 5.74) is 2.16. The van der Waals surface area contributed by atoms with Crippen LogP contribution in [0.3, 0.4) is 0 Å². The van der Waals surface area contributed by atoms with Crippen molar-refractivity contribution in [3.8, 4) is 22.8 Å². The lowest BCUT2D eigenvalue weighted by atomic mass is 9.99. The van der Waals surface area contributed by atoms with Crippen LogP contribution in [0.15, 0.2) is 65.5 Å². The molecule has 0 saturated carbocycles. The topological polar surface area (TPSA) is 47.4 Å². The number of hydrogen-bond acceptors (Lipinski definition) is 4. The van der Waals surface area contributed by atoms with Crippen molar-refractivity contribution >= 4 is 45.7 Å². The lowest BCUT2D eigenvalue weighted by Gasteiger charge is -2.46. The second kappa shape index (κ2) is 9.14. The Morgan fingerprint density at radius 2 is 1.57 bits per heavy atom. The Kier molecular flexibility index (Phi) is 6.30. The third-order valence-corrected chi connectivity index (χ3v) is 7.18. The summed E-state index contributed by atoms with van der Waals surface area (Å²) in [6.45, 7) is 8.13. The molecule has 3 heterocycles. The van der Waals surface area contributed by atoms with Gasteiger partial charge < -0.3 is 4.74 Å². The van der Waals surface area contributed by atoms with Gasteiger partial charge in [0.2, 0.25) is 5.88 Å². The van der Waals surface area contributed by atoms with Crippen molar-refractivity contribution in [1.29, 1.82) is 0 Å². The van der Waals surface area contributed by atoms with Crippen LogP contribution in [0, 0.1) is 0 Å². The molecule has 1 fully saturated rings.